The first-order chi connectivity index (χ1) is 6.79. The molecule has 1 aromatic rings. The van der Waals surface area contributed by atoms with E-state index in [0.29, 0.717) is 0 Å². The molecule has 0 bridgehead atoms. The highest BCUT2D eigenvalue weighted by atomic mass is 19.1. The molecule has 0 aromatic heterocycles. The van der Waals surface area contributed by atoms with Crippen molar-refractivity contribution in [2.45, 2.75) is 12.8 Å². The van der Waals surface area contributed by atoms with Crippen LogP contribution in [0.5, 0.6) is 0 Å². The molecule has 3 heteroatoms. The van der Waals surface area contributed by atoms with Crippen LogP contribution in [0.4, 0.5) is 10.1 Å². The Kier molecular flexibility index (Phi) is 2.36. The summed E-state index contributed by atoms with van der Waals surface area (Å²) < 4.78 is 13.1. The first-order valence-corrected chi connectivity index (χ1v) is 4.73. The molecule has 72 valence electrons. The Morgan fingerprint density at radius 3 is 2.86 bits per heavy atom. The molecule has 0 heterocycles. The SMILES string of the molecule is N#Cc1ccc(NCC2CC2)cc1F. The van der Waals surface area contributed by atoms with Crippen LogP contribution in [0.1, 0.15) is 18.4 Å². The fourth-order valence-electron chi connectivity index (χ4n) is 1.30. The number of hydrogen-bond acceptors (Lipinski definition) is 2. The highest BCUT2D eigenvalue weighted by Crippen LogP contribution is 2.29. The quantitative estimate of drug-likeness (QED) is 0.794. The number of benzene rings is 1. The molecule has 1 fully saturated rings. The van der Waals surface area contributed by atoms with Gasteiger partial charge in [-0.25, -0.2) is 4.39 Å². The molecule has 1 aliphatic rings. The molecule has 0 radical (unpaired) electrons. The van der Waals surface area contributed by atoms with Gasteiger partial charge in [-0.05, 0) is 37.0 Å². The lowest BCUT2D eigenvalue weighted by atomic mass is 10.2. The number of rotatable bonds is 3. The Hall–Kier alpha value is -1.56. The first kappa shape index (κ1) is 9.01. The second-order valence-electron chi connectivity index (χ2n) is 3.63. The Morgan fingerprint density at radius 1 is 1.50 bits per heavy atom. The van der Waals surface area contributed by atoms with E-state index in [0.717, 1.165) is 18.2 Å². The lowest BCUT2D eigenvalue weighted by molar-refractivity contribution is 0.624. The topological polar surface area (TPSA) is 35.8 Å². The van der Waals surface area contributed by atoms with E-state index in [9.17, 15) is 4.39 Å². The zero-order chi connectivity index (χ0) is 9.97. The van der Waals surface area contributed by atoms with Crippen molar-refractivity contribution < 1.29 is 4.39 Å². The van der Waals surface area contributed by atoms with Crippen molar-refractivity contribution in [1.29, 1.82) is 5.26 Å². The monoisotopic (exact) mass is 190 g/mol. The van der Waals surface area contributed by atoms with Crippen molar-refractivity contribution in [3.8, 4) is 6.07 Å². The van der Waals surface area contributed by atoms with Crippen molar-refractivity contribution in [3.63, 3.8) is 0 Å². The molecule has 1 aromatic carbocycles. The van der Waals surface area contributed by atoms with Crippen LogP contribution in [0.15, 0.2) is 18.2 Å². The van der Waals surface area contributed by atoms with E-state index in [4.69, 9.17) is 5.26 Å². The van der Waals surface area contributed by atoms with Crippen LogP contribution < -0.4 is 5.32 Å². The van der Waals surface area contributed by atoms with Crippen molar-refractivity contribution >= 4 is 5.69 Å². The third kappa shape index (κ3) is 2.02. The summed E-state index contributed by atoms with van der Waals surface area (Å²) in [6.07, 6.45) is 2.54. The van der Waals surface area contributed by atoms with E-state index in [-0.39, 0.29) is 5.56 Å². The number of nitrogens with zero attached hydrogens (tertiary/aromatic N) is 1. The van der Waals surface area contributed by atoms with Crippen LogP contribution >= 0.6 is 0 Å². The van der Waals surface area contributed by atoms with Gasteiger partial charge in [-0.15, -0.1) is 0 Å². The van der Waals surface area contributed by atoms with E-state index in [1.54, 1.807) is 12.1 Å². The third-order valence-electron chi connectivity index (χ3n) is 2.38. The van der Waals surface area contributed by atoms with Gasteiger partial charge >= 0.3 is 0 Å². The normalized spacial score (nSPS) is 14.9. The summed E-state index contributed by atoms with van der Waals surface area (Å²) in [6.45, 7) is 0.908. The smallest absolute Gasteiger partial charge is 0.143 e. The summed E-state index contributed by atoms with van der Waals surface area (Å²) in [5, 5.41) is 11.7. The van der Waals surface area contributed by atoms with Crippen LogP contribution in [0, 0.1) is 23.1 Å². The van der Waals surface area contributed by atoms with Gasteiger partial charge in [0.25, 0.3) is 0 Å². The molecule has 2 nitrogen and oxygen atoms in total. The molecule has 1 N–H and O–H groups in total. The van der Waals surface area contributed by atoms with E-state index in [1.807, 2.05) is 0 Å². The average Bonchev–Trinajstić information content (AvgIpc) is 2.98. The zero-order valence-corrected chi connectivity index (χ0v) is 7.76. The fraction of sp³-hybridized carbons (Fsp3) is 0.364. The summed E-state index contributed by atoms with van der Waals surface area (Å²) >= 11 is 0. The van der Waals surface area contributed by atoms with Crippen LogP contribution in [0.25, 0.3) is 0 Å². The predicted molar refractivity (Wildman–Crippen MR) is 52.3 cm³/mol. The number of halogens is 1. The van der Waals surface area contributed by atoms with Gasteiger partial charge < -0.3 is 5.32 Å². The van der Waals surface area contributed by atoms with Crippen LogP contribution in [-0.2, 0) is 0 Å². The van der Waals surface area contributed by atoms with Gasteiger partial charge in [-0.1, -0.05) is 0 Å². The van der Waals surface area contributed by atoms with E-state index in [1.165, 1.54) is 25.0 Å². The molecule has 1 aliphatic carbocycles. The molecule has 2 rings (SSSR count). The minimum atomic E-state index is -0.451. The van der Waals surface area contributed by atoms with Crippen molar-refractivity contribution in [2.24, 2.45) is 5.92 Å². The molecule has 1 saturated carbocycles. The minimum absolute atomic E-state index is 0.0990. The standard InChI is InChI=1S/C11H11FN2/c12-11-5-10(4-3-9(11)6-13)14-7-8-1-2-8/h3-5,8,14H,1-2,7H2. The molecule has 0 unspecified atom stereocenters. The first-order valence-electron chi connectivity index (χ1n) is 4.73. The van der Waals surface area contributed by atoms with Gasteiger partial charge in [0.2, 0.25) is 0 Å². The van der Waals surface area contributed by atoms with Crippen molar-refractivity contribution in [3.05, 3.63) is 29.6 Å². The minimum Gasteiger partial charge on any atom is -0.385 e. The molecule has 0 saturated heterocycles. The van der Waals surface area contributed by atoms with Gasteiger partial charge in [0.1, 0.15) is 11.9 Å². The van der Waals surface area contributed by atoms with Gasteiger partial charge in [-0.2, -0.15) is 5.26 Å². The maximum atomic E-state index is 13.1. The molecular formula is C11H11FN2. The largest absolute Gasteiger partial charge is 0.385 e. The molecule has 0 aliphatic heterocycles. The summed E-state index contributed by atoms with van der Waals surface area (Å²) in [7, 11) is 0. The average molecular weight is 190 g/mol. The predicted octanol–water partition coefficient (Wildman–Crippen LogP) is 2.52. The van der Waals surface area contributed by atoms with E-state index < -0.39 is 5.82 Å². The summed E-state index contributed by atoms with van der Waals surface area (Å²) in [5.74, 6) is 0.307. The lowest BCUT2D eigenvalue weighted by Crippen LogP contribution is -2.03. The highest BCUT2D eigenvalue weighted by molar-refractivity contribution is 5.48. The summed E-state index contributed by atoms with van der Waals surface area (Å²) in [6, 6.07) is 6.42. The third-order valence-corrected chi connectivity index (χ3v) is 2.38. The summed E-state index contributed by atoms with van der Waals surface area (Å²) in [4.78, 5) is 0. The van der Waals surface area contributed by atoms with Crippen LogP contribution in [0.3, 0.4) is 0 Å². The van der Waals surface area contributed by atoms with E-state index in [2.05, 4.69) is 5.32 Å². The number of anilines is 1. The maximum absolute atomic E-state index is 13.1. The Labute approximate surface area is 82.4 Å². The molecule has 0 amide bonds. The second-order valence-corrected chi connectivity index (χ2v) is 3.63. The number of hydrogen-bond donors (Lipinski definition) is 1. The zero-order valence-electron chi connectivity index (χ0n) is 7.76. The number of nitrogens with one attached hydrogen (secondary N) is 1. The van der Waals surface area contributed by atoms with Crippen LogP contribution in [0.2, 0.25) is 0 Å². The molecular weight excluding hydrogens is 179 g/mol. The van der Waals surface area contributed by atoms with Crippen LogP contribution in [-0.4, -0.2) is 6.54 Å². The van der Waals surface area contributed by atoms with Gasteiger partial charge in [-0.3, -0.25) is 0 Å². The number of nitriles is 1. The van der Waals surface area contributed by atoms with Crippen molar-refractivity contribution in [2.75, 3.05) is 11.9 Å². The van der Waals surface area contributed by atoms with Gasteiger partial charge in [0.15, 0.2) is 0 Å². The molecule has 0 spiro atoms. The Morgan fingerprint density at radius 2 is 2.29 bits per heavy atom. The fourth-order valence-corrected chi connectivity index (χ4v) is 1.30. The maximum Gasteiger partial charge on any atom is 0.143 e. The Bertz CT molecular complexity index is 377. The van der Waals surface area contributed by atoms with Gasteiger partial charge in [0, 0.05) is 12.2 Å². The molecule has 14 heavy (non-hydrogen) atoms. The lowest BCUT2D eigenvalue weighted by Gasteiger charge is -2.05. The second kappa shape index (κ2) is 3.67. The highest BCUT2D eigenvalue weighted by Gasteiger charge is 2.20. The summed E-state index contributed by atoms with van der Waals surface area (Å²) in [5.41, 5.74) is 0.857. The van der Waals surface area contributed by atoms with E-state index >= 15 is 0 Å². The molecule has 0 atom stereocenters. The van der Waals surface area contributed by atoms with Crippen molar-refractivity contribution in [1.82, 2.24) is 0 Å². The Balaban J connectivity index is 2.03. The van der Waals surface area contributed by atoms with Gasteiger partial charge in [0.05, 0.1) is 5.56 Å².